The summed E-state index contributed by atoms with van der Waals surface area (Å²) >= 11 is 7.92. The highest BCUT2D eigenvalue weighted by molar-refractivity contribution is 7.07. The third kappa shape index (κ3) is 2.28. The third-order valence-corrected chi connectivity index (χ3v) is 4.37. The Balaban J connectivity index is 1.91. The second-order valence-electron chi connectivity index (χ2n) is 4.77. The first-order valence-electron chi connectivity index (χ1n) is 6.11. The maximum absolute atomic E-state index is 11.5. The van der Waals surface area contributed by atoms with Crippen LogP contribution in [0.2, 0.25) is 5.02 Å². The SMILES string of the molecule is CN(Cc1ccsc1)c1cc2c(cc1Cl)C(O)C(=O)N2. The highest BCUT2D eigenvalue weighted by atomic mass is 35.5. The summed E-state index contributed by atoms with van der Waals surface area (Å²) in [6.07, 6.45) is -1.13. The number of nitrogens with zero attached hydrogens (tertiary/aromatic N) is 1. The van der Waals surface area contributed by atoms with Crippen LogP contribution in [0.25, 0.3) is 0 Å². The Labute approximate surface area is 125 Å². The molecule has 104 valence electrons. The van der Waals surface area contributed by atoms with Gasteiger partial charge in [-0.25, -0.2) is 0 Å². The molecule has 3 rings (SSSR count). The van der Waals surface area contributed by atoms with Crippen LogP contribution < -0.4 is 10.2 Å². The maximum Gasteiger partial charge on any atom is 0.257 e. The lowest BCUT2D eigenvalue weighted by Crippen LogP contribution is -2.16. The zero-order valence-corrected chi connectivity index (χ0v) is 12.3. The van der Waals surface area contributed by atoms with Crippen molar-refractivity contribution in [3.63, 3.8) is 0 Å². The Bertz CT molecular complexity index is 657. The lowest BCUT2D eigenvalue weighted by atomic mass is 10.1. The zero-order valence-electron chi connectivity index (χ0n) is 10.8. The van der Waals surface area contributed by atoms with Gasteiger partial charge in [0.15, 0.2) is 6.10 Å². The summed E-state index contributed by atoms with van der Waals surface area (Å²) in [5, 5.41) is 17.0. The zero-order chi connectivity index (χ0) is 14.3. The summed E-state index contributed by atoms with van der Waals surface area (Å²) in [5.41, 5.74) is 3.19. The first-order chi connectivity index (χ1) is 9.56. The van der Waals surface area contributed by atoms with Crippen molar-refractivity contribution in [3.05, 3.63) is 45.1 Å². The van der Waals surface area contributed by atoms with Crippen LogP contribution in [0.15, 0.2) is 29.0 Å². The molecule has 0 spiro atoms. The van der Waals surface area contributed by atoms with Crippen molar-refractivity contribution in [2.75, 3.05) is 17.3 Å². The van der Waals surface area contributed by atoms with E-state index in [0.29, 0.717) is 16.3 Å². The van der Waals surface area contributed by atoms with Crippen LogP contribution in [0.1, 0.15) is 17.2 Å². The molecular weight excluding hydrogens is 296 g/mol. The predicted octanol–water partition coefficient (Wildman–Crippen LogP) is 3.02. The van der Waals surface area contributed by atoms with Gasteiger partial charge in [0.25, 0.3) is 5.91 Å². The molecule has 1 aliphatic heterocycles. The molecule has 6 heteroatoms. The van der Waals surface area contributed by atoms with Gasteiger partial charge in [-0.3, -0.25) is 4.79 Å². The van der Waals surface area contributed by atoms with E-state index < -0.39 is 12.0 Å². The summed E-state index contributed by atoms with van der Waals surface area (Å²) < 4.78 is 0. The van der Waals surface area contributed by atoms with Gasteiger partial charge in [-0.15, -0.1) is 0 Å². The number of aliphatic hydroxyl groups is 1. The quantitative estimate of drug-likeness (QED) is 0.916. The minimum absolute atomic E-state index is 0.409. The number of carbonyl (C=O) groups excluding carboxylic acids is 1. The fourth-order valence-electron chi connectivity index (χ4n) is 2.29. The molecule has 0 radical (unpaired) electrons. The van der Waals surface area contributed by atoms with Crippen molar-refractivity contribution in [2.45, 2.75) is 12.6 Å². The highest BCUT2D eigenvalue weighted by Gasteiger charge is 2.29. The molecule has 2 heterocycles. The lowest BCUT2D eigenvalue weighted by molar-refractivity contribution is -0.123. The number of rotatable bonds is 3. The van der Waals surface area contributed by atoms with E-state index in [1.54, 1.807) is 23.5 Å². The molecule has 2 aromatic rings. The first-order valence-corrected chi connectivity index (χ1v) is 7.43. The van der Waals surface area contributed by atoms with E-state index in [-0.39, 0.29) is 0 Å². The van der Waals surface area contributed by atoms with E-state index in [0.717, 1.165) is 12.2 Å². The summed E-state index contributed by atoms with van der Waals surface area (Å²) in [4.78, 5) is 13.5. The fraction of sp³-hybridized carbons (Fsp3) is 0.214. The van der Waals surface area contributed by atoms with Gasteiger partial charge in [0.05, 0.1) is 10.7 Å². The van der Waals surface area contributed by atoms with Crippen LogP contribution in [-0.2, 0) is 11.3 Å². The van der Waals surface area contributed by atoms with Gasteiger partial charge in [-0.1, -0.05) is 11.6 Å². The molecule has 1 amide bonds. The number of benzene rings is 1. The van der Waals surface area contributed by atoms with Crippen LogP contribution in [0.3, 0.4) is 0 Å². The number of amides is 1. The lowest BCUT2D eigenvalue weighted by Gasteiger charge is -2.21. The molecule has 1 unspecified atom stereocenters. The molecule has 20 heavy (non-hydrogen) atoms. The van der Waals surface area contributed by atoms with E-state index in [1.807, 2.05) is 17.3 Å². The number of thiophene rings is 1. The molecule has 0 bridgehead atoms. The van der Waals surface area contributed by atoms with Crippen molar-refractivity contribution < 1.29 is 9.90 Å². The van der Waals surface area contributed by atoms with E-state index in [2.05, 4.69) is 16.8 Å². The first kappa shape index (κ1) is 13.4. The van der Waals surface area contributed by atoms with Crippen LogP contribution in [-0.4, -0.2) is 18.1 Å². The number of hydrogen-bond donors (Lipinski definition) is 2. The van der Waals surface area contributed by atoms with Gasteiger partial charge in [0.2, 0.25) is 0 Å². The minimum Gasteiger partial charge on any atom is -0.378 e. The number of fused-ring (bicyclic) bond motifs is 1. The Hall–Kier alpha value is -1.56. The van der Waals surface area contributed by atoms with Crippen molar-refractivity contribution in [2.24, 2.45) is 0 Å². The van der Waals surface area contributed by atoms with Crippen LogP contribution in [0.4, 0.5) is 11.4 Å². The van der Waals surface area contributed by atoms with E-state index in [9.17, 15) is 9.90 Å². The summed E-state index contributed by atoms with van der Waals surface area (Å²) in [6.45, 7) is 0.735. The molecule has 1 aromatic carbocycles. The Morgan fingerprint density at radius 3 is 3.00 bits per heavy atom. The normalized spacial score (nSPS) is 16.9. The molecule has 1 aliphatic rings. The fourth-order valence-corrected chi connectivity index (χ4v) is 3.26. The topological polar surface area (TPSA) is 52.6 Å². The van der Waals surface area contributed by atoms with Gasteiger partial charge in [0.1, 0.15) is 0 Å². The van der Waals surface area contributed by atoms with Gasteiger partial charge in [-0.2, -0.15) is 11.3 Å². The minimum atomic E-state index is -1.13. The smallest absolute Gasteiger partial charge is 0.257 e. The molecular formula is C14H13ClN2O2S. The summed E-state index contributed by atoms with van der Waals surface area (Å²) in [7, 11) is 1.94. The van der Waals surface area contributed by atoms with E-state index in [4.69, 9.17) is 11.6 Å². The van der Waals surface area contributed by atoms with Gasteiger partial charge < -0.3 is 15.3 Å². The van der Waals surface area contributed by atoms with E-state index in [1.165, 1.54) is 5.56 Å². The average Bonchev–Trinajstić information content (AvgIpc) is 3.00. The van der Waals surface area contributed by atoms with Crippen molar-refractivity contribution in [3.8, 4) is 0 Å². The summed E-state index contributed by atoms with van der Waals surface area (Å²) in [6, 6.07) is 5.52. The monoisotopic (exact) mass is 308 g/mol. The predicted molar refractivity (Wildman–Crippen MR) is 81.5 cm³/mol. The average molecular weight is 309 g/mol. The second-order valence-corrected chi connectivity index (χ2v) is 5.96. The van der Waals surface area contributed by atoms with Gasteiger partial charge in [-0.05, 0) is 34.5 Å². The Kier molecular flexibility index (Phi) is 3.41. The van der Waals surface area contributed by atoms with Crippen molar-refractivity contribution in [1.82, 2.24) is 0 Å². The third-order valence-electron chi connectivity index (χ3n) is 3.33. The molecule has 0 fully saturated rings. The Morgan fingerprint density at radius 2 is 2.30 bits per heavy atom. The number of carbonyl (C=O) groups is 1. The molecule has 1 atom stereocenters. The molecule has 0 saturated carbocycles. The highest BCUT2D eigenvalue weighted by Crippen LogP contribution is 2.38. The number of aliphatic hydroxyl groups excluding tert-OH is 1. The molecule has 0 saturated heterocycles. The van der Waals surface area contributed by atoms with Gasteiger partial charge >= 0.3 is 0 Å². The maximum atomic E-state index is 11.5. The van der Waals surface area contributed by atoms with Crippen LogP contribution >= 0.6 is 22.9 Å². The number of nitrogens with one attached hydrogen (secondary N) is 1. The van der Waals surface area contributed by atoms with Crippen LogP contribution in [0, 0.1) is 0 Å². The van der Waals surface area contributed by atoms with Crippen molar-refractivity contribution in [1.29, 1.82) is 0 Å². The van der Waals surface area contributed by atoms with E-state index >= 15 is 0 Å². The van der Waals surface area contributed by atoms with Crippen molar-refractivity contribution >= 4 is 40.2 Å². The molecule has 4 nitrogen and oxygen atoms in total. The van der Waals surface area contributed by atoms with Crippen LogP contribution in [0.5, 0.6) is 0 Å². The summed E-state index contributed by atoms with van der Waals surface area (Å²) in [5.74, 6) is -0.409. The molecule has 2 N–H and O–H groups in total. The number of anilines is 2. The Morgan fingerprint density at radius 1 is 1.50 bits per heavy atom. The molecule has 1 aromatic heterocycles. The largest absolute Gasteiger partial charge is 0.378 e. The standard InChI is InChI=1S/C14H13ClN2O2S/c1-17(6-8-2-3-20-7-8)12-5-11-9(4-10(12)15)13(18)14(19)16-11/h2-5,7,13,18H,6H2,1H3,(H,16,19). The number of halogens is 1. The second kappa shape index (κ2) is 5.09. The number of hydrogen-bond acceptors (Lipinski definition) is 4. The molecule has 0 aliphatic carbocycles. The van der Waals surface area contributed by atoms with Gasteiger partial charge in [0, 0.05) is 24.8 Å².